The minimum Gasteiger partial charge on any atom is -0.480 e. The van der Waals surface area contributed by atoms with E-state index in [2.05, 4.69) is 32.2 Å². The molecule has 1 heterocycles. The molecular weight excluding hydrogens is 532 g/mol. The number of hydrogen-bond acceptors (Lipinski definition) is 4. The Bertz CT molecular complexity index is 1190. The van der Waals surface area contributed by atoms with Gasteiger partial charge in [0.1, 0.15) is 11.0 Å². The summed E-state index contributed by atoms with van der Waals surface area (Å²) in [4.78, 5) is 21.5. The number of nitriles is 1. The highest BCUT2D eigenvalue weighted by Gasteiger charge is 2.65. The summed E-state index contributed by atoms with van der Waals surface area (Å²) in [6.07, 6.45) is -4.47. The smallest absolute Gasteiger partial charge is 0.480 e. The summed E-state index contributed by atoms with van der Waals surface area (Å²) in [6.45, 7) is 7.92. The highest BCUT2D eigenvalue weighted by atomic mass is 35.5. The molecule has 3 rings (SSSR count). The van der Waals surface area contributed by atoms with Crippen molar-refractivity contribution in [3.8, 4) is 6.07 Å². The van der Waals surface area contributed by atoms with Gasteiger partial charge < -0.3 is 10.2 Å². The zero-order chi connectivity index (χ0) is 28.4. The van der Waals surface area contributed by atoms with Crippen LogP contribution in [0, 0.1) is 16.7 Å². The van der Waals surface area contributed by atoms with Crippen LogP contribution in [0.1, 0.15) is 51.2 Å². The second kappa shape index (κ2) is 10.9. The van der Waals surface area contributed by atoms with Crippen LogP contribution in [-0.4, -0.2) is 39.9 Å². The number of aliphatic carboxylic acids is 2. The van der Waals surface area contributed by atoms with E-state index in [1.807, 2.05) is 18.2 Å². The fourth-order valence-electron chi connectivity index (χ4n) is 4.81. The molecule has 200 valence electrons. The van der Waals surface area contributed by atoms with Crippen LogP contribution in [-0.2, 0) is 15.0 Å². The van der Waals surface area contributed by atoms with Gasteiger partial charge in [-0.3, -0.25) is 10.1 Å². The molecule has 2 aromatic rings. The molecule has 0 spiro atoms. The van der Waals surface area contributed by atoms with Crippen LogP contribution in [0.4, 0.5) is 13.2 Å². The van der Waals surface area contributed by atoms with Crippen LogP contribution in [0.2, 0.25) is 10.0 Å². The molecule has 37 heavy (non-hydrogen) atoms. The van der Waals surface area contributed by atoms with E-state index in [1.165, 1.54) is 0 Å². The van der Waals surface area contributed by atoms with Gasteiger partial charge in [-0.1, -0.05) is 68.2 Å². The van der Waals surface area contributed by atoms with Crippen molar-refractivity contribution in [2.75, 3.05) is 0 Å². The van der Waals surface area contributed by atoms with E-state index in [4.69, 9.17) is 33.1 Å². The fraction of sp³-hybridized carbons (Fsp3) is 0.423. The molecule has 1 aliphatic heterocycles. The lowest BCUT2D eigenvalue weighted by Crippen LogP contribution is -2.50. The van der Waals surface area contributed by atoms with E-state index >= 15 is 0 Å². The van der Waals surface area contributed by atoms with E-state index in [0.29, 0.717) is 22.0 Å². The van der Waals surface area contributed by atoms with Gasteiger partial charge in [-0.05, 0) is 54.2 Å². The lowest BCUT2D eigenvalue weighted by atomic mass is 9.60. The first-order valence-corrected chi connectivity index (χ1v) is 11.9. The molecule has 0 saturated carbocycles. The van der Waals surface area contributed by atoms with Crippen molar-refractivity contribution in [2.24, 2.45) is 5.41 Å². The maximum absolute atomic E-state index is 12.6. The van der Waals surface area contributed by atoms with Gasteiger partial charge >= 0.3 is 18.1 Å². The molecule has 2 aromatic carbocycles. The summed E-state index contributed by atoms with van der Waals surface area (Å²) in [6, 6.07) is 16.4. The van der Waals surface area contributed by atoms with Gasteiger partial charge in [-0.2, -0.15) is 18.4 Å². The van der Waals surface area contributed by atoms with E-state index in [-0.39, 0.29) is 5.41 Å². The molecule has 1 aliphatic rings. The fourth-order valence-corrected chi connectivity index (χ4v) is 5.13. The number of carboxylic acids is 2. The van der Waals surface area contributed by atoms with Crippen molar-refractivity contribution in [1.29, 1.82) is 5.26 Å². The Kier molecular flexibility index (Phi) is 8.96. The average molecular weight is 559 g/mol. The molecule has 1 fully saturated rings. The standard InChI is InChI=1S/C24H26Cl2N2O2.C2HF3O2/c1-22(2,3)13-19-24(14-27,16-8-10-17(25)11-9-16)20(23(4,28-19)21(29)30)15-6-5-7-18(26)12-15;3-2(4,5)1(6)7/h5-12,19-20,28H,13H2,1-4H3,(H,29,30);(H,6,7)/t19-,20-,23+,24-;/m0./s1. The van der Waals surface area contributed by atoms with Crippen molar-refractivity contribution < 1.29 is 33.0 Å². The number of rotatable bonds is 4. The molecule has 4 atom stereocenters. The van der Waals surface area contributed by atoms with Crippen molar-refractivity contribution in [3.05, 3.63) is 69.7 Å². The van der Waals surface area contributed by atoms with Gasteiger partial charge in [-0.25, -0.2) is 4.79 Å². The molecule has 0 radical (unpaired) electrons. The van der Waals surface area contributed by atoms with E-state index < -0.39 is 41.0 Å². The van der Waals surface area contributed by atoms with Crippen molar-refractivity contribution in [1.82, 2.24) is 5.32 Å². The third-order valence-electron chi connectivity index (χ3n) is 6.25. The van der Waals surface area contributed by atoms with Gasteiger partial charge in [0, 0.05) is 22.0 Å². The topological polar surface area (TPSA) is 110 Å². The second-order valence-corrected chi connectivity index (χ2v) is 11.1. The summed E-state index contributed by atoms with van der Waals surface area (Å²) in [5.74, 6) is -4.43. The van der Waals surface area contributed by atoms with Crippen molar-refractivity contribution in [2.45, 2.75) is 63.2 Å². The third-order valence-corrected chi connectivity index (χ3v) is 6.74. The summed E-state index contributed by atoms with van der Waals surface area (Å²) in [7, 11) is 0. The van der Waals surface area contributed by atoms with Crippen LogP contribution in [0.15, 0.2) is 48.5 Å². The van der Waals surface area contributed by atoms with E-state index in [1.54, 1.807) is 37.3 Å². The summed E-state index contributed by atoms with van der Waals surface area (Å²) < 4.78 is 31.7. The summed E-state index contributed by atoms with van der Waals surface area (Å²) in [5.41, 5.74) is -1.17. The SMILES string of the molecule is CC(C)(C)C[C@@H]1N[C@@](C)(C(=O)O)[C@H](c2cccc(Cl)c2)[C@@]1(C#N)c1ccc(Cl)cc1.O=C(O)C(F)(F)F. The maximum atomic E-state index is 12.6. The highest BCUT2D eigenvalue weighted by molar-refractivity contribution is 6.30. The maximum Gasteiger partial charge on any atom is 0.490 e. The number of nitrogens with zero attached hydrogens (tertiary/aromatic N) is 1. The first kappa shape index (κ1) is 30.4. The molecule has 6 nitrogen and oxygen atoms in total. The Morgan fingerprint density at radius 1 is 1.05 bits per heavy atom. The van der Waals surface area contributed by atoms with Gasteiger partial charge in [-0.15, -0.1) is 0 Å². The average Bonchev–Trinajstić information content (AvgIpc) is 3.02. The zero-order valence-electron chi connectivity index (χ0n) is 20.5. The van der Waals surface area contributed by atoms with E-state index in [9.17, 15) is 28.3 Å². The second-order valence-electron chi connectivity index (χ2n) is 10.2. The Labute approximate surface area is 223 Å². The monoisotopic (exact) mass is 558 g/mol. The number of nitrogens with one attached hydrogen (secondary N) is 1. The van der Waals surface area contributed by atoms with Gasteiger partial charge in [0.15, 0.2) is 0 Å². The molecule has 11 heteroatoms. The van der Waals surface area contributed by atoms with E-state index in [0.717, 1.165) is 5.56 Å². The number of carbonyl (C=O) groups is 2. The highest BCUT2D eigenvalue weighted by Crippen LogP contribution is 2.55. The van der Waals surface area contributed by atoms with Gasteiger partial charge in [0.05, 0.1) is 6.07 Å². The Hall–Kier alpha value is -2.80. The molecule has 3 N–H and O–H groups in total. The first-order chi connectivity index (χ1) is 16.9. The van der Waals surface area contributed by atoms with Crippen molar-refractivity contribution in [3.63, 3.8) is 0 Å². The molecule has 0 bridgehead atoms. The van der Waals surface area contributed by atoms with Gasteiger partial charge in [0.2, 0.25) is 0 Å². The number of benzene rings is 2. The largest absolute Gasteiger partial charge is 0.490 e. The summed E-state index contributed by atoms with van der Waals surface area (Å²) >= 11 is 12.4. The van der Waals surface area contributed by atoms with Crippen LogP contribution in [0.3, 0.4) is 0 Å². The molecular formula is C26H27Cl2F3N2O4. The quantitative estimate of drug-likeness (QED) is 0.399. The van der Waals surface area contributed by atoms with Crippen LogP contribution in [0.5, 0.6) is 0 Å². The zero-order valence-corrected chi connectivity index (χ0v) is 22.0. The Morgan fingerprint density at radius 3 is 2.00 bits per heavy atom. The predicted molar refractivity (Wildman–Crippen MR) is 134 cm³/mol. The lowest BCUT2D eigenvalue weighted by Gasteiger charge is -2.38. The van der Waals surface area contributed by atoms with Gasteiger partial charge in [0.25, 0.3) is 0 Å². The molecule has 0 amide bonds. The molecule has 0 aliphatic carbocycles. The normalized spacial score (nSPS) is 25.5. The molecule has 1 saturated heterocycles. The number of halogens is 5. The first-order valence-electron chi connectivity index (χ1n) is 11.1. The minimum atomic E-state index is -5.08. The van der Waals surface area contributed by atoms with Crippen molar-refractivity contribution >= 4 is 35.1 Å². The predicted octanol–water partition coefficient (Wildman–Crippen LogP) is 6.42. The summed E-state index contributed by atoms with van der Waals surface area (Å²) in [5, 5.41) is 32.5. The Morgan fingerprint density at radius 2 is 1.59 bits per heavy atom. The third kappa shape index (κ3) is 6.56. The molecule has 0 aromatic heterocycles. The lowest BCUT2D eigenvalue weighted by molar-refractivity contribution is -0.192. The van der Waals surface area contributed by atoms with Crippen LogP contribution >= 0.6 is 23.2 Å². The van der Waals surface area contributed by atoms with Crippen LogP contribution in [0.25, 0.3) is 0 Å². The van der Waals surface area contributed by atoms with Crippen LogP contribution < -0.4 is 5.32 Å². The number of carboxylic acid groups (broad SMARTS) is 2. The number of alkyl halides is 3. The Balaban J connectivity index is 0.000000604. The molecule has 0 unspecified atom stereocenters. The minimum absolute atomic E-state index is 0.130. The number of hydrogen-bond donors (Lipinski definition) is 3.